The lowest BCUT2D eigenvalue weighted by Crippen LogP contribution is -2.40. The highest BCUT2D eigenvalue weighted by molar-refractivity contribution is 6.02. The number of carbonyl (C=O) groups is 2. The first-order valence-electron chi connectivity index (χ1n) is 8.59. The van der Waals surface area contributed by atoms with Crippen molar-refractivity contribution in [2.45, 2.75) is 25.0 Å². The average Bonchev–Trinajstić information content (AvgIpc) is 3.28. The van der Waals surface area contributed by atoms with Crippen molar-refractivity contribution in [3.8, 4) is 5.75 Å². The zero-order chi connectivity index (χ0) is 17.6. The SMILES string of the molecule is CCCOC(=O)[C@H]1[C@@H]2C=C[C@@]3(CN(c4ccc(OC)cc4)C(=O)[C@@H]13)O2. The normalized spacial score (nSPS) is 32.2. The molecule has 1 amide bonds. The summed E-state index contributed by atoms with van der Waals surface area (Å²) in [7, 11) is 1.60. The van der Waals surface area contributed by atoms with Gasteiger partial charge in [-0.25, -0.2) is 0 Å². The Morgan fingerprint density at radius 1 is 1.36 bits per heavy atom. The molecule has 6 heteroatoms. The van der Waals surface area contributed by atoms with Gasteiger partial charge in [0.1, 0.15) is 17.3 Å². The van der Waals surface area contributed by atoms with Crippen LogP contribution in [0.2, 0.25) is 0 Å². The fourth-order valence-corrected chi connectivity index (χ4v) is 4.05. The average molecular weight is 343 g/mol. The fraction of sp³-hybridized carbons (Fsp3) is 0.474. The quantitative estimate of drug-likeness (QED) is 0.604. The molecular weight excluding hydrogens is 322 g/mol. The highest BCUT2D eigenvalue weighted by Gasteiger charge is 2.67. The van der Waals surface area contributed by atoms with Gasteiger partial charge in [-0.3, -0.25) is 9.59 Å². The summed E-state index contributed by atoms with van der Waals surface area (Å²) in [5, 5.41) is 0. The second-order valence-corrected chi connectivity index (χ2v) is 6.69. The molecule has 3 aliphatic rings. The van der Waals surface area contributed by atoms with Gasteiger partial charge in [0.2, 0.25) is 5.91 Å². The van der Waals surface area contributed by atoms with Crippen LogP contribution in [0.4, 0.5) is 5.69 Å². The van der Waals surface area contributed by atoms with E-state index in [1.807, 2.05) is 43.3 Å². The highest BCUT2D eigenvalue weighted by Crippen LogP contribution is 2.52. The molecule has 0 aromatic heterocycles. The molecule has 2 fully saturated rings. The van der Waals surface area contributed by atoms with Crippen molar-refractivity contribution in [3.63, 3.8) is 0 Å². The predicted molar refractivity (Wildman–Crippen MR) is 90.3 cm³/mol. The molecule has 0 unspecified atom stereocenters. The Labute approximate surface area is 146 Å². The van der Waals surface area contributed by atoms with E-state index >= 15 is 0 Å². The van der Waals surface area contributed by atoms with E-state index in [9.17, 15) is 9.59 Å². The second kappa shape index (κ2) is 5.88. The van der Waals surface area contributed by atoms with Crippen LogP contribution in [0, 0.1) is 11.8 Å². The van der Waals surface area contributed by atoms with E-state index in [-0.39, 0.29) is 18.0 Å². The molecule has 2 bridgehead atoms. The zero-order valence-corrected chi connectivity index (χ0v) is 14.3. The Hall–Kier alpha value is -2.34. The van der Waals surface area contributed by atoms with E-state index in [1.54, 1.807) is 12.0 Å². The number of hydrogen-bond acceptors (Lipinski definition) is 5. The third kappa shape index (κ3) is 2.35. The maximum Gasteiger partial charge on any atom is 0.312 e. The first-order chi connectivity index (χ1) is 12.1. The molecule has 2 saturated heterocycles. The molecule has 0 radical (unpaired) electrons. The number of fused-ring (bicyclic) bond motifs is 1. The zero-order valence-electron chi connectivity index (χ0n) is 14.3. The van der Waals surface area contributed by atoms with Crippen LogP contribution >= 0.6 is 0 Å². The number of hydrogen-bond donors (Lipinski definition) is 0. The van der Waals surface area contributed by atoms with Gasteiger partial charge in [-0.15, -0.1) is 0 Å². The van der Waals surface area contributed by atoms with Gasteiger partial charge in [0, 0.05) is 5.69 Å². The summed E-state index contributed by atoms with van der Waals surface area (Å²) in [5.74, 6) is -0.781. The standard InChI is InChI=1S/C19H21NO5/c1-3-10-24-18(22)15-14-8-9-19(25-14)11-20(17(21)16(15)19)12-4-6-13(23-2)7-5-12/h4-9,14-16H,3,10-11H2,1-2H3/t14-,15-,16+,19-/m0/s1. The third-order valence-electron chi connectivity index (χ3n) is 5.21. The topological polar surface area (TPSA) is 65.1 Å². The summed E-state index contributed by atoms with van der Waals surface area (Å²) >= 11 is 0. The van der Waals surface area contributed by atoms with Crippen LogP contribution in [-0.2, 0) is 19.1 Å². The Bertz CT molecular complexity index is 728. The van der Waals surface area contributed by atoms with Gasteiger partial charge in [0.05, 0.1) is 32.3 Å². The van der Waals surface area contributed by atoms with Gasteiger partial charge in [-0.05, 0) is 30.7 Å². The minimum atomic E-state index is -0.725. The summed E-state index contributed by atoms with van der Waals surface area (Å²) in [4.78, 5) is 27.3. The Morgan fingerprint density at radius 3 is 2.80 bits per heavy atom. The Kier molecular flexibility index (Phi) is 3.80. The smallest absolute Gasteiger partial charge is 0.312 e. The number of esters is 1. The summed E-state index contributed by atoms with van der Waals surface area (Å²) in [6, 6.07) is 7.31. The van der Waals surface area contributed by atoms with Crippen LogP contribution in [0.25, 0.3) is 0 Å². The Morgan fingerprint density at radius 2 is 2.12 bits per heavy atom. The molecule has 3 heterocycles. The molecule has 4 atom stereocenters. The highest BCUT2D eigenvalue weighted by atomic mass is 16.6. The van der Waals surface area contributed by atoms with Gasteiger partial charge in [0.25, 0.3) is 0 Å². The number of amides is 1. The number of ether oxygens (including phenoxy) is 3. The fourth-order valence-electron chi connectivity index (χ4n) is 4.05. The molecule has 0 aliphatic carbocycles. The van der Waals surface area contributed by atoms with Gasteiger partial charge in [0.15, 0.2) is 0 Å². The van der Waals surface area contributed by atoms with E-state index < -0.39 is 17.4 Å². The van der Waals surface area contributed by atoms with Gasteiger partial charge < -0.3 is 19.1 Å². The van der Waals surface area contributed by atoms with Gasteiger partial charge in [-0.1, -0.05) is 19.1 Å². The first-order valence-corrected chi connectivity index (χ1v) is 8.59. The van der Waals surface area contributed by atoms with Crippen molar-refractivity contribution in [2.75, 3.05) is 25.2 Å². The lowest BCUT2D eigenvalue weighted by molar-refractivity contribution is -0.152. The summed E-state index contributed by atoms with van der Waals surface area (Å²) in [6.45, 7) is 2.72. The molecule has 25 heavy (non-hydrogen) atoms. The number of benzene rings is 1. The van der Waals surface area contributed by atoms with Crippen molar-refractivity contribution in [1.29, 1.82) is 0 Å². The largest absolute Gasteiger partial charge is 0.497 e. The summed E-state index contributed by atoms with van der Waals surface area (Å²) < 4.78 is 16.5. The molecule has 0 saturated carbocycles. The molecule has 3 aliphatic heterocycles. The van der Waals surface area contributed by atoms with Gasteiger partial charge >= 0.3 is 5.97 Å². The lowest BCUT2D eigenvalue weighted by atomic mass is 9.77. The van der Waals surface area contributed by atoms with Gasteiger partial charge in [-0.2, -0.15) is 0 Å². The van der Waals surface area contributed by atoms with Crippen LogP contribution in [-0.4, -0.2) is 43.8 Å². The van der Waals surface area contributed by atoms with E-state index in [2.05, 4.69) is 0 Å². The predicted octanol–water partition coefficient (Wildman–Crippen LogP) is 1.93. The van der Waals surface area contributed by atoms with Crippen molar-refractivity contribution >= 4 is 17.6 Å². The minimum Gasteiger partial charge on any atom is -0.497 e. The molecule has 0 N–H and O–H groups in total. The molecule has 4 rings (SSSR count). The van der Waals surface area contributed by atoms with Crippen molar-refractivity contribution < 1.29 is 23.8 Å². The third-order valence-corrected chi connectivity index (χ3v) is 5.21. The monoisotopic (exact) mass is 343 g/mol. The number of nitrogens with zero attached hydrogens (tertiary/aromatic N) is 1. The maximum atomic E-state index is 13.1. The Balaban J connectivity index is 1.61. The molecule has 6 nitrogen and oxygen atoms in total. The van der Waals surface area contributed by atoms with Crippen LogP contribution in [0.5, 0.6) is 5.75 Å². The number of carbonyl (C=O) groups excluding carboxylic acids is 2. The van der Waals surface area contributed by atoms with Crippen LogP contribution < -0.4 is 9.64 Å². The molecule has 1 spiro atoms. The summed E-state index contributed by atoms with van der Waals surface area (Å²) in [6.07, 6.45) is 4.21. The van der Waals surface area contributed by atoms with Crippen LogP contribution in [0.3, 0.4) is 0 Å². The number of methoxy groups -OCH3 is 1. The molecule has 132 valence electrons. The molecule has 1 aromatic rings. The minimum absolute atomic E-state index is 0.0875. The number of anilines is 1. The van der Waals surface area contributed by atoms with Crippen LogP contribution in [0.15, 0.2) is 36.4 Å². The molecule has 1 aromatic carbocycles. The van der Waals surface area contributed by atoms with Crippen LogP contribution in [0.1, 0.15) is 13.3 Å². The van der Waals surface area contributed by atoms with E-state index in [0.29, 0.717) is 13.2 Å². The van der Waals surface area contributed by atoms with Crippen molar-refractivity contribution in [3.05, 3.63) is 36.4 Å². The van der Waals surface area contributed by atoms with E-state index in [4.69, 9.17) is 14.2 Å². The maximum absolute atomic E-state index is 13.1. The van der Waals surface area contributed by atoms with Crippen molar-refractivity contribution in [1.82, 2.24) is 0 Å². The van der Waals surface area contributed by atoms with E-state index in [0.717, 1.165) is 17.9 Å². The van der Waals surface area contributed by atoms with Crippen molar-refractivity contribution in [2.24, 2.45) is 11.8 Å². The molecular formula is C19H21NO5. The second-order valence-electron chi connectivity index (χ2n) is 6.69. The summed E-state index contributed by atoms with van der Waals surface area (Å²) in [5.41, 5.74) is 0.0492. The lowest BCUT2D eigenvalue weighted by Gasteiger charge is -2.22. The van der Waals surface area contributed by atoms with E-state index in [1.165, 1.54) is 0 Å². The number of rotatable bonds is 5. The first kappa shape index (κ1) is 16.1.